The number of hydrogen-bond donors (Lipinski definition) is 0. The molecule has 1 aliphatic rings. The van der Waals surface area contributed by atoms with Gasteiger partial charge in [0.25, 0.3) is 0 Å². The molecule has 1 aliphatic heterocycles. The maximum absolute atomic E-state index is 5.11. The predicted octanol–water partition coefficient (Wildman–Crippen LogP) is 1.43. The van der Waals surface area contributed by atoms with Crippen molar-refractivity contribution in [1.82, 2.24) is 0 Å². The SMILES string of the molecule is ICCC1COCOC1. The van der Waals surface area contributed by atoms with Crippen LogP contribution in [0.15, 0.2) is 0 Å². The molecule has 9 heavy (non-hydrogen) atoms. The highest BCUT2D eigenvalue weighted by molar-refractivity contribution is 14.1. The Morgan fingerprint density at radius 3 is 2.56 bits per heavy atom. The smallest absolute Gasteiger partial charge is 0.146 e. The van der Waals surface area contributed by atoms with Gasteiger partial charge in [0, 0.05) is 5.92 Å². The van der Waals surface area contributed by atoms with Crippen LogP contribution < -0.4 is 0 Å². The van der Waals surface area contributed by atoms with Crippen molar-refractivity contribution >= 4 is 22.6 Å². The maximum Gasteiger partial charge on any atom is 0.146 e. The summed E-state index contributed by atoms with van der Waals surface area (Å²) in [5.74, 6) is 0.649. The van der Waals surface area contributed by atoms with Gasteiger partial charge in [0.1, 0.15) is 6.79 Å². The maximum atomic E-state index is 5.11. The molecule has 0 aromatic rings. The van der Waals surface area contributed by atoms with Gasteiger partial charge in [0.05, 0.1) is 13.2 Å². The molecule has 0 spiro atoms. The fraction of sp³-hybridized carbons (Fsp3) is 1.00. The molecule has 0 atom stereocenters. The number of alkyl halides is 1. The van der Waals surface area contributed by atoms with Crippen LogP contribution in [0.2, 0.25) is 0 Å². The van der Waals surface area contributed by atoms with E-state index in [4.69, 9.17) is 9.47 Å². The van der Waals surface area contributed by atoms with Crippen LogP contribution in [0.25, 0.3) is 0 Å². The minimum absolute atomic E-state index is 0.498. The van der Waals surface area contributed by atoms with Crippen LogP contribution in [0, 0.1) is 5.92 Å². The second-order valence-electron chi connectivity index (χ2n) is 2.20. The molecule has 1 rings (SSSR count). The van der Waals surface area contributed by atoms with E-state index < -0.39 is 0 Å². The van der Waals surface area contributed by atoms with Gasteiger partial charge in [0.15, 0.2) is 0 Å². The Morgan fingerprint density at radius 1 is 1.33 bits per heavy atom. The molecule has 2 nitrogen and oxygen atoms in total. The van der Waals surface area contributed by atoms with E-state index in [1.165, 1.54) is 10.8 Å². The lowest BCUT2D eigenvalue weighted by Crippen LogP contribution is -2.24. The molecule has 3 heteroatoms. The summed E-state index contributed by atoms with van der Waals surface area (Å²) in [5.41, 5.74) is 0. The van der Waals surface area contributed by atoms with E-state index in [2.05, 4.69) is 22.6 Å². The molecular weight excluding hydrogens is 231 g/mol. The van der Waals surface area contributed by atoms with Crippen LogP contribution >= 0.6 is 22.6 Å². The number of halogens is 1. The van der Waals surface area contributed by atoms with Crippen LogP contribution in [-0.2, 0) is 9.47 Å². The largest absolute Gasteiger partial charge is 0.355 e. The van der Waals surface area contributed by atoms with E-state index in [1.807, 2.05) is 0 Å². The van der Waals surface area contributed by atoms with Crippen molar-refractivity contribution in [1.29, 1.82) is 0 Å². The second kappa shape index (κ2) is 4.46. The molecule has 0 radical (unpaired) electrons. The molecule has 0 amide bonds. The molecule has 1 heterocycles. The minimum Gasteiger partial charge on any atom is -0.355 e. The van der Waals surface area contributed by atoms with Gasteiger partial charge in [-0.1, -0.05) is 22.6 Å². The first-order chi connectivity index (χ1) is 4.43. The third kappa shape index (κ3) is 2.82. The van der Waals surface area contributed by atoms with E-state index in [-0.39, 0.29) is 0 Å². The summed E-state index contributed by atoms with van der Waals surface area (Å²) in [7, 11) is 0. The average molecular weight is 242 g/mol. The summed E-state index contributed by atoms with van der Waals surface area (Å²) in [6.45, 7) is 2.28. The van der Waals surface area contributed by atoms with Crippen molar-refractivity contribution in [3.05, 3.63) is 0 Å². The Labute approximate surface area is 69.0 Å². The van der Waals surface area contributed by atoms with Gasteiger partial charge in [-0.2, -0.15) is 0 Å². The zero-order valence-corrected chi connectivity index (χ0v) is 7.46. The quantitative estimate of drug-likeness (QED) is 0.538. The summed E-state index contributed by atoms with van der Waals surface area (Å²) in [5, 5.41) is 0. The molecule has 0 N–H and O–H groups in total. The van der Waals surface area contributed by atoms with Crippen LogP contribution in [0.3, 0.4) is 0 Å². The Kier molecular flexibility index (Phi) is 3.85. The van der Waals surface area contributed by atoms with Gasteiger partial charge in [-0.3, -0.25) is 0 Å². The van der Waals surface area contributed by atoms with Gasteiger partial charge in [-0.25, -0.2) is 0 Å². The Morgan fingerprint density at radius 2 is 2.00 bits per heavy atom. The zero-order valence-electron chi connectivity index (χ0n) is 5.31. The van der Waals surface area contributed by atoms with E-state index in [0.29, 0.717) is 12.7 Å². The predicted molar refractivity (Wildman–Crippen MR) is 43.8 cm³/mol. The summed E-state index contributed by atoms with van der Waals surface area (Å²) >= 11 is 2.38. The highest BCUT2D eigenvalue weighted by Crippen LogP contribution is 2.10. The topological polar surface area (TPSA) is 18.5 Å². The third-order valence-electron chi connectivity index (χ3n) is 1.39. The fourth-order valence-electron chi connectivity index (χ4n) is 0.858. The molecular formula is C6H11IO2. The van der Waals surface area contributed by atoms with Gasteiger partial charge < -0.3 is 9.47 Å². The first kappa shape index (κ1) is 7.75. The van der Waals surface area contributed by atoms with Crippen LogP contribution in [0.4, 0.5) is 0 Å². The van der Waals surface area contributed by atoms with Crippen LogP contribution in [0.1, 0.15) is 6.42 Å². The van der Waals surface area contributed by atoms with Crippen molar-refractivity contribution < 1.29 is 9.47 Å². The molecule has 0 aliphatic carbocycles. The highest BCUT2D eigenvalue weighted by atomic mass is 127. The Hall–Kier alpha value is 0.650. The second-order valence-corrected chi connectivity index (χ2v) is 3.28. The lowest BCUT2D eigenvalue weighted by Gasteiger charge is -2.21. The number of rotatable bonds is 2. The van der Waals surface area contributed by atoms with Crippen molar-refractivity contribution in [3.8, 4) is 0 Å². The van der Waals surface area contributed by atoms with Crippen LogP contribution in [-0.4, -0.2) is 24.4 Å². The van der Waals surface area contributed by atoms with Gasteiger partial charge in [-0.15, -0.1) is 0 Å². The van der Waals surface area contributed by atoms with Crippen molar-refractivity contribution in [2.45, 2.75) is 6.42 Å². The van der Waals surface area contributed by atoms with E-state index in [9.17, 15) is 0 Å². The van der Waals surface area contributed by atoms with Crippen molar-refractivity contribution in [3.63, 3.8) is 0 Å². The molecule has 1 fully saturated rings. The minimum atomic E-state index is 0.498. The summed E-state index contributed by atoms with van der Waals surface area (Å²) < 4.78 is 11.4. The van der Waals surface area contributed by atoms with Gasteiger partial charge in [0.2, 0.25) is 0 Å². The molecule has 0 bridgehead atoms. The molecule has 0 aromatic heterocycles. The monoisotopic (exact) mass is 242 g/mol. The Balaban J connectivity index is 2.08. The van der Waals surface area contributed by atoms with Gasteiger partial charge >= 0.3 is 0 Å². The first-order valence-electron chi connectivity index (χ1n) is 3.15. The normalized spacial score (nSPS) is 22.3. The zero-order chi connectivity index (χ0) is 6.53. The Bertz CT molecular complexity index is 68.7. The third-order valence-corrected chi connectivity index (χ3v) is 2.01. The summed E-state index contributed by atoms with van der Waals surface area (Å²) in [4.78, 5) is 0. The van der Waals surface area contributed by atoms with E-state index in [0.717, 1.165) is 13.2 Å². The first-order valence-corrected chi connectivity index (χ1v) is 4.67. The summed E-state index contributed by atoms with van der Waals surface area (Å²) in [6.07, 6.45) is 1.22. The van der Waals surface area contributed by atoms with Crippen molar-refractivity contribution in [2.75, 3.05) is 24.4 Å². The van der Waals surface area contributed by atoms with Crippen LogP contribution in [0.5, 0.6) is 0 Å². The number of hydrogen-bond acceptors (Lipinski definition) is 2. The van der Waals surface area contributed by atoms with Gasteiger partial charge in [-0.05, 0) is 10.8 Å². The summed E-state index contributed by atoms with van der Waals surface area (Å²) in [6, 6.07) is 0. The standard InChI is InChI=1S/C6H11IO2/c7-2-1-6-3-8-5-9-4-6/h6H,1-5H2. The average Bonchev–Trinajstić information content (AvgIpc) is 1.91. The fourth-order valence-corrected chi connectivity index (χ4v) is 1.74. The van der Waals surface area contributed by atoms with Crippen molar-refractivity contribution in [2.24, 2.45) is 5.92 Å². The molecule has 0 aromatic carbocycles. The van der Waals surface area contributed by atoms with E-state index in [1.54, 1.807) is 0 Å². The van der Waals surface area contributed by atoms with E-state index >= 15 is 0 Å². The highest BCUT2D eigenvalue weighted by Gasteiger charge is 2.12. The molecule has 0 saturated carbocycles. The molecule has 54 valence electrons. The molecule has 0 unspecified atom stereocenters. The number of ether oxygens (including phenoxy) is 2. The lowest BCUT2D eigenvalue weighted by atomic mass is 10.1. The molecule has 1 saturated heterocycles. The lowest BCUT2D eigenvalue weighted by molar-refractivity contribution is -0.125.